The molecule has 0 aliphatic rings. The number of halogens is 4. The molecule has 0 saturated heterocycles. The number of aromatic nitrogens is 2. The van der Waals surface area contributed by atoms with Gasteiger partial charge in [0.25, 0.3) is 5.91 Å². The highest BCUT2D eigenvalue weighted by molar-refractivity contribution is 6.30. The summed E-state index contributed by atoms with van der Waals surface area (Å²) in [6.07, 6.45) is -4.12. The van der Waals surface area contributed by atoms with Crippen molar-refractivity contribution < 1.29 is 27.9 Å². The van der Waals surface area contributed by atoms with Gasteiger partial charge in [-0.05, 0) is 37.6 Å². The van der Waals surface area contributed by atoms with Crippen molar-refractivity contribution in [3.8, 4) is 5.69 Å². The minimum atomic E-state index is -4.83. The zero-order valence-corrected chi connectivity index (χ0v) is 14.3. The summed E-state index contributed by atoms with van der Waals surface area (Å²) in [5.41, 5.74) is -1.77. The highest BCUT2D eigenvalue weighted by Crippen LogP contribution is 2.33. The Bertz CT molecular complexity index is 803. The van der Waals surface area contributed by atoms with Gasteiger partial charge in [0.05, 0.1) is 17.4 Å². The number of nitrogens with zero attached hydrogens (tertiary/aromatic N) is 2. The van der Waals surface area contributed by atoms with E-state index in [1.165, 1.54) is 31.2 Å². The van der Waals surface area contributed by atoms with E-state index in [4.69, 9.17) is 16.7 Å². The molecule has 2 rings (SSSR count). The van der Waals surface area contributed by atoms with E-state index in [1.807, 2.05) is 0 Å². The van der Waals surface area contributed by atoms with E-state index >= 15 is 0 Å². The third kappa shape index (κ3) is 4.75. The van der Waals surface area contributed by atoms with Gasteiger partial charge in [-0.1, -0.05) is 11.6 Å². The Morgan fingerprint density at radius 1 is 1.31 bits per heavy atom. The lowest BCUT2D eigenvalue weighted by molar-refractivity contribution is -0.143. The molecule has 0 aliphatic heterocycles. The number of aliphatic carboxylic acids is 1. The molecule has 2 N–H and O–H groups in total. The molecule has 1 aromatic heterocycles. The number of carbonyl (C=O) groups excluding carboxylic acids is 1. The maximum Gasteiger partial charge on any atom is 0.434 e. The van der Waals surface area contributed by atoms with Gasteiger partial charge in [0.15, 0.2) is 5.69 Å². The van der Waals surface area contributed by atoms with Crippen LogP contribution in [0.2, 0.25) is 5.02 Å². The van der Waals surface area contributed by atoms with E-state index in [9.17, 15) is 22.8 Å². The summed E-state index contributed by atoms with van der Waals surface area (Å²) < 4.78 is 41.2. The number of alkyl halides is 3. The Balaban J connectivity index is 2.33. The number of benzene rings is 1. The Labute approximate surface area is 151 Å². The first kappa shape index (κ1) is 19.8. The Hall–Kier alpha value is -2.55. The highest BCUT2D eigenvalue weighted by atomic mass is 35.5. The topological polar surface area (TPSA) is 84.2 Å². The smallest absolute Gasteiger partial charge is 0.434 e. The van der Waals surface area contributed by atoms with Crippen LogP contribution in [0.1, 0.15) is 35.8 Å². The molecule has 0 radical (unpaired) electrons. The van der Waals surface area contributed by atoms with E-state index in [1.54, 1.807) is 0 Å². The minimum absolute atomic E-state index is 0.0910. The Morgan fingerprint density at radius 2 is 1.92 bits per heavy atom. The molecule has 2 aromatic rings. The average Bonchev–Trinajstić information content (AvgIpc) is 2.99. The van der Waals surface area contributed by atoms with Crippen LogP contribution in [-0.4, -0.2) is 32.8 Å². The summed E-state index contributed by atoms with van der Waals surface area (Å²) in [7, 11) is 0. The fourth-order valence-corrected chi connectivity index (χ4v) is 2.41. The van der Waals surface area contributed by atoms with Crippen molar-refractivity contribution in [2.75, 3.05) is 0 Å². The first-order valence-electron chi connectivity index (χ1n) is 7.53. The van der Waals surface area contributed by atoms with Crippen molar-refractivity contribution in [2.24, 2.45) is 0 Å². The number of rotatable bonds is 6. The third-order valence-corrected chi connectivity index (χ3v) is 3.77. The van der Waals surface area contributed by atoms with E-state index in [0.717, 1.165) is 6.20 Å². The Kier molecular flexibility index (Phi) is 5.91. The predicted octanol–water partition coefficient (Wildman–Crippen LogP) is 3.53. The first-order chi connectivity index (χ1) is 12.1. The molecule has 0 bridgehead atoms. The fraction of sp³-hybridized carbons (Fsp3) is 0.312. The molecule has 1 unspecified atom stereocenters. The normalized spacial score (nSPS) is 12.7. The van der Waals surface area contributed by atoms with E-state index in [0.29, 0.717) is 9.70 Å². The zero-order valence-electron chi connectivity index (χ0n) is 13.5. The van der Waals surface area contributed by atoms with Crippen molar-refractivity contribution in [1.82, 2.24) is 15.1 Å². The molecule has 1 heterocycles. The molecule has 26 heavy (non-hydrogen) atoms. The molecule has 0 spiro atoms. The number of hydrogen-bond acceptors (Lipinski definition) is 3. The van der Waals surface area contributed by atoms with Crippen LogP contribution in [0.15, 0.2) is 30.5 Å². The van der Waals surface area contributed by atoms with Crippen molar-refractivity contribution in [3.63, 3.8) is 0 Å². The summed E-state index contributed by atoms with van der Waals surface area (Å²) in [5.74, 6) is -2.03. The molecule has 0 saturated carbocycles. The lowest BCUT2D eigenvalue weighted by Gasteiger charge is -2.15. The SMILES string of the molecule is CC(CCC(=O)O)NC(=O)c1cnn(-c2ccc(Cl)cc2)c1C(F)(F)F. The molecule has 1 amide bonds. The lowest BCUT2D eigenvalue weighted by Crippen LogP contribution is -2.34. The van der Waals surface area contributed by atoms with Gasteiger partial charge in [0, 0.05) is 17.5 Å². The summed E-state index contributed by atoms with van der Waals surface area (Å²) in [4.78, 5) is 22.8. The molecule has 1 atom stereocenters. The standard InChI is InChI=1S/C16H15ClF3N3O3/c1-9(2-7-13(24)25)22-15(26)12-8-21-23(14(12)16(18,19)20)11-5-3-10(17)4-6-11/h3-6,8-9H,2,7H2,1H3,(H,22,26)(H,24,25). The molecule has 1 aromatic carbocycles. The van der Waals surface area contributed by atoms with Gasteiger partial charge >= 0.3 is 12.1 Å². The van der Waals surface area contributed by atoms with Crippen LogP contribution in [-0.2, 0) is 11.0 Å². The number of nitrogens with one attached hydrogen (secondary N) is 1. The second-order valence-corrected chi connectivity index (χ2v) is 6.04. The van der Waals surface area contributed by atoms with E-state index in [2.05, 4.69) is 10.4 Å². The fourth-order valence-electron chi connectivity index (χ4n) is 2.28. The van der Waals surface area contributed by atoms with E-state index < -0.39 is 35.4 Å². The first-order valence-corrected chi connectivity index (χ1v) is 7.91. The van der Waals surface area contributed by atoms with Crippen molar-refractivity contribution in [1.29, 1.82) is 0 Å². The van der Waals surface area contributed by atoms with Gasteiger partial charge in [-0.15, -0.1) is 0 Å². The quantitative estimate of drug-likeness (QED) is 0.791. The van der Waals surface area contributed by atoms with Crippen LogP contribution >= 0.6 is 11.6 Å². The number of carboxylic acid groups (broad SMARTS) is 1. The zero-order chi connectivity index (χ0) is 19.5. The van der Waals surface area contributed by atoms with Gasteiger partial charge in [-0.3, -0.25) is 9.59 Å². The molecule has 0 aliphatic carbocycles. The third-order valence-electron chi connectivity index (χ3n) is 3.52. The largest absolute Gasteiger partial charge is 0.481 e. The maximum absolute atomic E-state index is 13.5. The van der Waals surface area contributed by atoms with Crippen LogP contribution in [0.3, 0.4) is 0 Å². The van der Waals surface area contributed by atoms with Crippen LogP contribution in [0.25, 0.3) is 5.69 Å². The monoisotopic (exact) mass is 389 g/mol. The maximum atomic E-state index is 13.5. The van der Waals surface area contributed by atoms with Gasteiger partial charge in [0.1, 0.15) is 0 Å². The van der Waals surface area contributed by atoms with E-state index in [-0.39, 0.29) is 18.5 Å². The van der Waals surface area contributed by atoms with Gasteiger partial charge < -0.3 is 10.4 Å². The van der Waals surface area contributed by atoms with Crippen LogP contribution in [0, 0.1) is 0 Å². The van der Waals surface area contributed by atoms with Crippen molar-refractivity contribution in [3.05, 3.63) is 46.7 Å². The highest BCUT2D eigenvalue weighted by Gasteiger charge is 2.40. The number of hydrogen-bond donors (Lipinski definition) is 2. The second kappa shape index (κ2) is 7.77. The Morgan fingerprint density at radius 3 is 2.46 bits per heavy atom. The second-order valence-electron chi connectivity index (χ2n) is 5.60. The van der Waals surface area contributed by atoms with Crippen molar-refractivity contribution >= 4 is 23.5 Å². The molecule has 140 valence electrons. The summed E-state index contributed by atoms with van der Waals surface area (Å²) in [5, 5.41) is 15.0. The summed E-state index contributed by atoms with van der Waals surface area (Å²) in [6, 6.07) is 4.90. The predicted molar refractivity (Wildman–Crippen MR) is 87.4 cm³/mol. The number of carbonyl (C=O) groups is 2. The molecule has 6 nitrogen and oxygen atoms in total. The summed E-state index contributed by atoms with van der Waals surface area (Å²) >= 11 is 5.74. The molecule has 0 fully saturated rings. The van der Waals surface area contributed by atoms with Gasteiger partial charge in [0.2, 0.25) is 0 Å². The van der Waals surface area contributed by atoms with Gasteiger partial charge in [-0.2, -0.15) is 18.3 Å². The molecule has 10 heteroatoms. The summed E-state index contributed by atoms with van der Waals surface area (Å²) in [6.45, 7) is 1.51. The van der Waals surface area contributed by atoms with Crippen LogP contribution in [0.4, 0.5) is 13.2 Å². The van der Waals surface area contributed by atoms with Crippen molar-refractivity contribution in [2.45, 2.75) is 32.0 Å². The molecular formula is C16H15ClF3N3O3. The van der Waals surface area contributed by atoms with Crippen LogP contribution in [0.5, 0.6) is 0 Å². The number of amides is 1. The lowest BCUT2D eigenvalue weighted by atomic mass is 10.1. The van der Waals surface area contributed by atoms with Gasteiger partial charge in [-0.25, -0.2) is 4.68 Å². The molecular weight excluding hydrogens is 375 g/mol. The average molecular weight is 390 g/mol. The number of carboxylic acids is 1. The minimum Gasteiger partial charge on any atom is -0.481 e. The van der Waals surface area contributed by atoms with Crippen LogP contribution < -0.4 is 5.32 Å².